The number of hydrogen-bond acceptors (Lipinski definition) is 8. The molecule has 0 bridgehead atoms. The smallest absolute Gasteiger partial charge is 0.306 e. The molecule has 256 valence electrons. The number of esters is 2. The minimum absolute atomic E-state index is 0.164. The summed E-state index contributed by atoms with van der Waals surface area (Å²) in [6, 6.07) is 0. The van der Waals surface area contributed by atoms with Crippen LogP contribution < -0.4 is 0 Å². The molecule has 2 N–H and O–H groups in total. The predicted molar refractivity (Wildman–Crippen MR) is 186 cm³/mol. The number of ether oxygens (including phenoxy) is 2. The molecule has 0 saturated carbocycles. The second-order valence-electron chi connectivity index (χ2n) is 12.2. The van der Waals surface area contributed by atoms with Crippen LogP contribution in [0.2, 0.25) is 0 Å². The quantitative estimate of drug-likeness (QED) is 0.0527. The van der Waals surface area contributed by atoms with Gasteiger partial charge in [-0.3, -0.25) is 9.59 Å². The summed E-state index contributed by atoms with van der Waals surface area (Å²) in [5, 5.41) is 19.7. The molecule has 0 aliphatic heterocycles. The second-order valence-corrected chi connectivity index (χ2v) is 14.7. The van der Waals surface area contributed by atoms with Crippen LogP contribution in [-0.2, 0) is 19.1 Å². The zero-order valence-corrected chi connectivity index (χ0v) is 29.7. The molecule has 0 unspecified atom stereocenters. The van der Waals surface area contributed by atoms with Crippen LogP contribution in [0.25, 0.3) is 0 Å². The molecule has 0 aliphatic carbocycles. The maximum atomic E-state index is 12.2. The van der Waals surface area contributed by atoms with Crippen molar-refractivity contribution in [2.75, 3.05) is 49.4 Å². The third-order valence-electron chi connectivity index (χ3n) is 7.94. The van der Waals surface area contributed by atoms with Crippen LogP contribution in [-0.4, -0.2) is 71.6 Å². The molecule has 0 fully saturated rings. The lowest BCUT2D eigenvalue weighted by Gasteiger charge is -2.28. The van der Waals surface area contributed by atoms with E-state index in [0.29, 0.717) is 24.3 Å². The Bertz CT molecular complexity index is 567. The first kappa shape index (κ1) is 42.6. The first-order chi connectivity index (χ1) is 21.0. The molecular weight excluding hydrogens is 581 g/mol. The van der Waals surface area contributed by atoms with Gasteiger partial charge < -0.3 is 19.7 Å². The summed E-state index contributed by atoms with van der Waals surface area (Å²) in [6.07, 6.45) is 27.0. The van der Waals surface area contributed by atoms with Gasteiger partial charge in [-0.15, -0.1) is 0 Å². The number of carbonyl (C=O) groups excluding carboxylic acids is 2. The number of thioether (sulfide) groups is 2. The Morgan fingerprint density at radius 1 is 0.488 bits per heavy atom. The van der Waals surface area contributed by atoms with Crippen molar-refractivity contribution >= 4 is 35.5 Å². The van der Waals surface area contributed by atoms with E-state index in [9.17, 15) is 19.8 Å². The largest absolute Gasteiger partial charge is 0.465 e. The Labute approximate surface area is 274 Å². The molecule has 6 nitrogen and oxygen atoms in total. The van der Waals surface area contributed by atoms with Crippen molar-refractivity contribution in [1.29, 1.82) is 0 Å². The molecule has 0 amide bonds. The maximum Gasteiger partial charge on any atom is 0.306 e. The molecule has 0 heterocycles. The first-order valence-electron chi connectivity index (χ1n) is 17.7. The van der Waals surface area contributed by atoms with Gasteiger partial charge in [0.1, 0.15) is 13.2 Å². The van der Waals surface area contributed by atoms with E-state index < -0.39 is 18.6 Å². The van der Waals surface area contributed by atoms with Gasteiger partial charge in [0, 0.05) is 11.5 Å². The number of hydrogen-bond donors (Lipinski definition) is 2. The number of carbonyl (C=O) groups is 2. The molecule has 0 radical (unpaired) electrons. The standard InChI is InChI=1S/C35H68O6S2/c1-3-5-7-9-11-13-15-17-19-21-25-42-27-23-33(38)40-31-35(29-36,30-37)32-41-34(39)24-28-43-26-22-20-18-16-14-12-10-8-6-4-2/h36-37H,3-32H2,1-2H3. The minimum atomic E-state index is -1.17. The van der Waals surface area contributed by atoms with Crippen LogP contribution in [0, 0.1) is 5.41 Å². The monoisotopic (exact) mass is 648 g/mol. The van der Waals surface area contributed by atoms with Crippen LogP contribution in [0.15, 0.2) is 0 Å². The normalized spacial score (nSPS) is 11.6. The molecular formula is C35H68O6S2. The van der Waals surface area contributed by atoms with Gasteiger partial charge in [-0.05, 0) is 24.3 Å². The van der Waals surface area contributed by atoms with Gasteiger partial charge in [-0.1, -0.05) is 129 Å². The topological polar surface area (TPSA) is 93.1 Å². The maximum absolute atomic E-state index is 12.2. The molecule has 8 heteroatoms. The minimum Gasteiger partial charge on any atom is -0.465 e. The van der Waals surface area contributed by atoms with Crippen molar-refractivity contribution in [3.63, 3.8) is 0 Å². The van der Waals surface area contributed by atoms with E-state index in [1.807, 2.05) is 0 Å². The zero-order valence-electron chi connectivity index (χ0n) is 28.1. The summed E-state index contributed by atoms with van der Waals surface area (Å²) in [6.45, 7) is 3.33. The van der Waals surface area contributed by atoms with E-state index >= 15 is 0 Å². The Hall–Kier alpha value is -0.440. The van der Waals surface area contributed by atoms with Crippen molar-refractivity contribution < 1.29 is 29.3 Å². The van der Waals surface area contributed by atoms with E-state index in [4.69, 9.17) is 9.47 Å². The molecule has 0 aliphatic rings. The van der Waals surface area contributed by atoms with Crippen LogP contribution >= 0.6 is 23.5 Å². The van der Waals surface area contributed by atoms with E-state index in [2.05, 4.69) is 13.8 Å². The third kappa shape index (κ3) is 28.8. The van der Waals surface area contributed by atoms with Crippen molar-refractivity contribution in [3.05, 3.63) is 0 Å². The summed E-state index contributed by atoms with van der Waals surface area (Å²) >= 11 is 3.53. The van der Waals surface area contributed by atoms with Crippen LogP contribution in [0.4, 0.5) is 0 Å². The molecule has 0 aromatic carbocycles. The Balaban J connectivity index is 3.78. The van der Waals surface area contributed by atoms with Crippen LogP contribution in [0.3, 0.4) is 0 Å². The van der Waals surface area contributed by atoms with Gasteiger partial charge >= 0.3 is 11.9 Å². The van der Waals surface area contributed by atoms with E-state index in [-0.39, 0.29) is 25.2 Å². The molecule has 0 aromatic heterocycles. The highest BCUT2D eigenvalue weighted by Gasteiger charge is 2.33. The van der Waals surface area contributed by atoms with Crippen molar-refractivity contribution in [1.82, 2.24) is 0 Å². The molecule has 0 spiro atoms. The average molecular weight is 649 g/mol. The van der Waals surface area contributed by atoms with Gasteiger partial charge in [0.25, 0.3) is 0 Å². The number of rotatable bonds is 34. The third-order valence-corrected chi connectivity index (χ3v) is 10.1. The second kappa shape index (κ2) is 32.9. The molecule has 0 atom stereocenters. The number of aliphatic hydroxyl groups is 2. The fraction of sp³-hybridized carbons (Fsp3) is 0.943. The molecule has 0 saturated heterocycles. The Morgan fingerprint density at radius 2 is 0.791 bits per heavy atom. The molecule has 0 rings (SSSR count). The van der Waals surface area contributed by atoms with Crippen molar-refractivity contribution in [2.45, 2.75) is 155 Å². The van der Waals surface area contributed by atoms with E-state index in [1.165, 1.54) is 128 Å². The average Bonchev–Trinajstić information content (AvgIpc) is 3.02. The van der Waals surface area contributed by atoms with Crippen LogP contribution in [0.5, 0.6) is 0 Å². The molecule has 43 heavy (non-hydrogen) atoms. The summed E-state index contributed by atoms with van der Waals surface area (Å²) in [5.41, 5.74) is -1.17. The fourth-order valence-corrected chi connectivity index (χ4v) is 6.63. The lowest BCUT2D eigenvalue weighted by Crippen LogP contribution is -2.41. The lowest BCUT2D eigenvalue weighted by atomic mass is 9.92. The Morgan fingerprint density at radius 3 is 1.09 bits per heavy atom. The summed E-state index contributed by atoms with van der Waals surface area (Å²) < 4.78 is 10.7. The predicted octanol–water partition coefficient (Wildman–Crippen LogP) is 9.13. The number of unbranched alkanes of at least 4 members (excludes halogenated alkanes) is 18. The van der Waals surface area contributed by atoms with Gasteiger partial charge in [-0.2, -0.15) is 23.5 Å². The first-order valence-corrected chi connectivity index (χ1v) is 20.0. The summed E-state index contributed by atoms with van der Waals surface area (Å²) in [4.78, 5) is 24.4. The highest BCUT2D eigenvalue weighted by atomic mass is 32.2. The van der Waals surface area contributed by atoms with Crippen molar-refractivity contribution in [2.24, 2.45) is 5.41 Å². The van der Waals surface area contributed by atoms with Gasteiger partial charge in [0.2, 0.25) is 0 Å². The Kier molecular flexibility index (Phi) is 32.6. The zero-order chi connectivity index (χ0) is 31.7. The van der Waals surface area contributed by atoms with Gasteiger partial charge in [0.05, 0.1) is 31.5 Å². The fourth-order valence-electron chi connectivity index (χ4n) is 4.78. The van der Waals surface area contributed by atoms with E-state index in [0.717, 1.165) is 11.5 Å². The summed E-state index contributed by atoms with van der Waals surface area (Å²) in [5.74, 6) is 2.80. The number of aliphatic hydroxyl groups excluding tert-OH is 2. The van der Waals surface area contributed by atoms with Gasteiger partial charge in [0.15, 0.2) is 0 Å². The highest BCUT2D eigenvalue weighted by molar-refractivity contribution is 7.99. The summed E-state index contributed by atoms with van der Waals surface area (Å²) in [7, 11) is 0. The van der Waals surface area contributed by atoms with Gasteiger partial charge in [-0.25, -0.2) is 0 Å². The molecule has 0 aromatic rings. The van der Waals surface area contributed by atoms with Crippen molar-refractivity contribution in [3.8, 4) is 0 Å². The SMILES string of the molecule is CCCCCCCCCCCCSCCC(=O)OCC(CO)(CO)COC(=O)CCSCCCCCCCCCCCC. The lowest BCUT2D eigenvalue weighted by molar-refractivity contribution is -0.158. The van der Waals surface area contributed by atoms with E-state index in [1.54, 1.807) is 23.5 Å². The highest BCUT2D eigenvalue weighted by Crippen LogP contribution is 2.19. The van der Waals surface area contributed by atoms with Crippen LogP contribution in [0.1, 0.15) is 155 Å².